The maximum atomic E-state index is 12.7. The molecule has 0 saturated heterocycles. The Hall–Kier alpha value is -2.68. The second-order valence-electron chi connectivity index (χ2n) is 10.8. The number of aryl methyl sites for hydroxylation is 1. The number of imidazole rings is 1. The van der Waals surface area contributed by atoms with Crippen molar-refractivity contribution >= 4 is 23.2 Å². The van der Waals surface area contributed by atoms with Crippen molar-refractivity contribution in [3.63, 3.8) is 0 Å². The van der Waals surface area contributed by atoms with Crippen LogP contribution in [0.25, 0.3) is 23.2 Å². The number of benzene rings is 1. The third kappa shape index (κ3) is 7.92. The van der Waals surface area contributed by atoms with Crippen LogP contribution in [0.2, 0.25) is 0 Å². The molecule has 0 aliphatic rings. The number of hydrogen-bond donors (Lipinski definition) is 1. The Bertz CT molecular complexity index is 1140. The second kappa shape index (κ2) is 10.9. The molecule has 0 spiro atoms. The monoisotopic (exact) mass is 491 g/mol. The van der Waals surface area contributed by atoms with E-state index in [2.05, 4.69) is 66.1 Å². The fourth-order valence-electron chi connectivity index (χ4n) is 4.35. The van der Waals surface area contributed by atoms with Gasteiger partial charge < -0.3 is 14.4 Å². The van der Waals surface area contributed by atoms with E-state index >= 15 is 0 Å². The van der Waals surface area contributed by atoms with Gasteiger partial charge in [-0.05, 0) is 54.5 Å². The zero-order valence-electron chi connectivity index (χ0n) is 21.4. The van der Waals surface area contributed by atoms with Crippen LogP contribution in [0.4, 0.5) is 13.2 Å². The standard InChI is InChI=1S/C26H36F3N5O/c1-17(2)30-12-7-13-34-21-10-8-19(9-11-22-32-24(35-33-22)26(27,28)29)15-20(21)31-23(34)14-18(3)16-25(4,5)6/h8-11,15,17-18,30H,7,12-14,16H2,1-6H3/b11-9+. The molecule has 35 heavy (non-hydrogen) atoms. The van der Waals surface area contributed by atoms with Gasteiger partial charge in [-0.2, -0.15) is 18.2 Å². The summed E-state index contributed by atoms with van der Waals surface area (Å²) in [5, 5.41) is 6.84. The molecule has 1 atom stereocenters. The highest BCUT2D eigenvalue weighted by Gasteiger charge is 2.38. The van der Waals surface area contributed by atoms with Gasteiger partial charge in [0.2, 0.25) is 0 Å². The Labute approximate surface area is 205 Å². The molecular weight excluding hydrogens is 455 g/mol. The lowest BCUT2D eigenvalue weighted by Gasteiger charge is -2.23. The van der Waals surface area contributed by atoms with Crippen molar-refractivity contribution in [3.05, 3.63) is 41.3 Å². The molecule has 0 bridgehead atoms. The van der Waals surface area contributed by atoms with Crippen molar-refractivity contribution in [2.45, 2.75) is 79.6 Å². The van der Waals surface area contributed by atoms with Crippen LogP contribution in [0.3, 0.4) is 0 Å². The van der Waals surface area contributed by atoms with Crippen LogP contribution < -0.4 is 5.32 Å². The van der Waals surface area contributed by atoms with Gasteiger partial charge in [0.1, 0.15) is 5.82 Å². The number of aromatic nitrogens is 4. The largest absolute Gasteiger partial charge is 0.471 e. The number of alkyl halides is 3. The zero-order valence-corrected chi connectivity index (χ0v) is 21.4. The molecule has 3 rings (SSSR count). The Morgan fingerprint density at radius 3 is 2.46 bits per heavy atom. The van der Waals surface area contributed by atoms with Crippen LogP contribution in [-0.4, -0.2) is 32.3 Å². The third-order valence-electron chi connectivity index (χ3n) is 5.56. The van der Waals surface area contributed by atoms with Crippen molar-refractivity contribution in [1.82, 2.24) is 25.0 Å². The SMILES string of the molecule is CC(Cc1nc2cc(/C=C/c3noc(C(F)(F)F)n3)ccc2n1CCCNC(C)C)CC(C)(C)C. The molecule has 0 aliphatic heterocycles. The number of halogens is 3. The van der Waals surface area contributed by atoms with Crippen molar-refractivity contribution in [1.29, 1.82) is 0 Å². The van der Waals surface area contributed by atoms with Gasteiger partial charge in [-0.15, -0.1) is 0 Å². The zero-order chi connectivity index (χ0) is 25.8. The quantitative estimate of drug-likeness (QED) is 0.323. The van der Waals surface area contributed by atoms with Crippen LogP contribution in [0, 0.1) is 11.3 Å². The van der Waals surface area contributed by atoms with Gasteiger partial charge in [-0.1, -0.05) is 58.8 Å². The van der Waals surface area contributed by atoms with Crippen molar-refractivity contribution in [3.8, 4) is 0 Å². The van der Waals surface area contributed by atoms with Gasteiger partial charge in [0.15, 0.2) is 5.82 Å². The van der Waals surface area contributed by atoms with Crippen LogP contribution in [0.15, 0.2) is 22.7 Å². The van der Waals surface area contributed by atoms with Crippen molar-refractivity contribution in [2.24, 2.45) is 11.3 Å². The molecule has 0 saturated carbocycles. The van der Waals surface area contributed by atoms with E-state index in [1.165, 1.54) is 6.08 Å². The molecule has 1 unspecified atom stereocenters. The van der Waals surface area contributed by atoms with Crippen molar-refractivity contribution < 1.29 is 17.7 Å². The van der Waals surface area contributed by atoms with Crippen LogP contribution in [-0.2, 0) is 19.1 Å². The van der Waals surface area contributed by atoms with Crippen LogP contribution in [0.5, 0.6) is 0 Å². The molecule has 3 aromatic rings. The van der Waals surface area contributed by atoms with Gasteiger partial charge in [-0.25, -0.2) is 4.98 Å². The van der Waals surface area contributed by atoms with Crippen LogP contribution in [0.1, 0.15) is 77.5 Å². The number of nitrogens with one attached hydrogen (secondary N) is 1. The second-order valence-corrected chi connectivity index (χ2v) is 10.8. The first-order valence-electron chi connectivity index (χ1n) is 12.1. The molecule has 0 fully saturated rings. The lowest BCUT2D eigenvalue weighted by atomic mass is 9.84. The summed E-state index contributed by atoms with van der Waals surface area (Å²) >= 11 is 0. The summed E-state index contributed by atoms with van der Waals surface area (Å²) < 4.78 is 44.6. The molecule has 0 radical (unpaired) electrons. The Balaban J connectivity index is 1.84. The minimum atomic E-state index is -4.66. The lowest BCUT2D eigenvalue weighted by molar-refractivity contribution is -0.159. The first kappa shape index (κ1) is 26.9. The van der Waals surface area contributed by atoms with E-state index in [0.717, 1.165) is 54.8 Å². The fourth-order valence-corrected chi connectivity index (χ4v) is 4.35. The predicted octanol–water partition coefficient (Wildman–Crippen LogP) is 6.61. The summed E-state index contributed by atoms with van der Waals surface area (Å²) in [7, 11) is 0. The molecule has 2 heterocycles. The first-order chi connectivity index (χ1) is 16.3. The lowest BCUT2D eigenvalue weighted by Crippen LogP contribution is -2.24. The molecule has 0 aliphatic carbocycles. The van der Waals surface area contributed by atoms with Gasteiger partial charge in [-0.3, -0.25) is 0 Å². The summed E-state index contributed by atoms with van der Waals surface area (Å²) in [5.41, 5.74) is 2.97. The van der Waals surface area contributed by atoms with Gasteiger partial charge in [0.25, 0.3) is 0 Å². The minimum Gasteiger partial charge on any atom is -0.329 e. The number of fused-ring (bicyclic) bond motifs is 1. The molecule has 6 nitrogen and oxygen atoms in total. The summed E-state index contributed by atoms with van der Waals surface area (Å²) in [6, 6.07) is 6.34. The molecule has 1 N–H and O–H groups in total. The highest BCUT2D eigenvalue weighted by atomic mass is 19.4. The Morgan fingerprint density at radius 2 is 1.83 bits per heavy atom. The number of rotatable bonds is 10. The summed E-state index contributed by atoms with van der Waals surface area (Å²) in [4.78, 5) is 8.34. The van der Waals surface area contributed by atoms with Crippen LogP contribution >= 0.6 is 0 Å². The van der Waals surface area contributed by atoms with E-state index < -0.39 is 12.1 Å². The minimum absolute atomic E-state index is 0.128. The van der Waals surface area contributed by atoms with E-state index in [1.54, 1.807) is 6.08 Å². The van der Waals surface area contributed by atoms with Crippen molar-refractivity contribution in [2.75, 3.05) is 6.54 Å². The first-order valence-corrected chi connectivity index (χ1v) is 12.1. The number of nitrogens with zero attached hydrogens (tertiary/aromatic N) is 4. The third-order valence-corrected chi connectivity index (χ3v) is 5.56. The normalized spacial score (nSPS) is 14.0. The van der Waals surface area contributed by atoms with Gasteiger partial charge >= 0.3 is 12.1 Å². The highest BCUT2D eigenvalue weighted by molar-refractivity contribution is 5.81. The smallest absolute Gasteiger partial charge is 0.329 e. The van der Waals surface area contributed by atoms with E-state index in [9.17, 15) is 13.2 Å². The molecular formula is C26H36F3N5O. The Kier molecular flexibility index (Phi) is 8.41. The molecule has 1 aromatic carbocycles. The molecule has 2 aromatic heterocycles. The maximum absolute atomic E-state index is 12.7. The maximum Gasteiger partial charge on any atom is 0.471 e. The molecule has 9 heteroatoms. The summed E-state index contributed by atoms with van der Waals surface area (Å²) in [6.07, 6.45) is 1.39. The Morgan fingerprint density at radius 1 is 1.09 bits per heavy atom. The highest BCUT2D eigenvalue weighted by Crippen LogP contribution is 2.29. The van der Waals surface area contributed by atoms with E-state index in [0.29, 0.717) is 12.0 Å². The van der Waals surface area contributed by atoms with Gasteiger partial charge in [0, 0.05) is 19.0 Å². The van der Waals surface area contributed by atoms with E-state index in [-0.39, 0.29) is 11.2 Å². The molecule has 0 amide bonds. The topological polar surface area (TPSA) is 68.8 Å². The summed E-state index contributed by atoms with van der Waals surface area (Å²) in [5.74, 6) is 0.0693. The predicted molar refractivity (Wildman–Crippen MR) is 133 cm³/mol. The number of hydrogen-bond acceptors (Lipinski definition) is 5. The fraction of sp³-hybridized carbons (Fsp3) is 0.577. The van der Waals surface area contributed by atoms with Gasteiger partial charge in [0.05, 0.1) is 11.0 Å². The molecule has 192 valence electrons. The van der Waals surface area contributed by atoms with E-state index in [1.807, 2.05) is 18.2 Å². The average molecular weight is 492 g/mol. The average Bonchev–Trinajstić information content (AvgIpc) is 3.32. The summed E-state index contributed by atoms with van der Waals surface area (Å²) in [6.45, 7) is 15.1. The van der Waals surface area contributed by atoms with E-state index in [4.69, 9.17) is 4.98 Å².